The zero-order valence-corrected chi connectivity index (χ0v) is 17.7. The van der Waals surface area contributed by atoms with Crippen molar-refractivity contribution in [2.75, 3.05) is 13.2 Å². The van der Waals surface area contributed by atoms with Crippen molar-refractivity contribution in [3.8, 4) is 5.75 Å². The molecule has 31 heavy (non-hydrogen) atoms. The first-order chi connectivity index (χ1) is 15.1. The van der Waals surface area contributed by atoms with Crippen LogP contribution in [0.2, 0.25) is 0 Å². The van der Waals surface area contributed by atoms with E-state index in [1.54, 1.807) is 0 Å². The molecular weight excluding hydrogens is 396 g/mol. The summed E-state index contributed by atoms with van der Waals surface area (Å²) in [5.41, 5.74) is 3.48. The molecule has 0 bridgehead atoms. The number of ether oxygens (including phenoxy) is 2. The van der Waals surface area contributed by atoms with E-state index in [2.05, 4.69) is 28.8 Å². The zero-order chi connectivity index (χ0) is 21.3. The molecule has 0 unspecified atom stereocenters. The summed E-state index contributed by atoms with van der Waals surface area (Å²) in [5, 5.41) is 1.08. The third kappa shape index (κ3) is 4.33. The van der Waals surface area contributed by atoms with Gasteiger partial charge in [-0.2, -0.15) is 0 Å². The van der Waals surface area contributed by atoms with Crippen LogP contribution in [0.15, 0.2) is 54.6 Å². The number of nitrogens with zero attached hydrogens (tertiary/aromatic N) is 1. The lowest BCUT2D eigenvalue weighted by Crippen LogP contribution is -2.28. The van der Waals surface area contributed by atoms with Crippen LogP contribution in [0.4, 0.5) is 8.78 Å². The summed E-state index contributed by atoms with van der Waals surface area (Å²) < 4.78 is 41.9. The maximum Gasteiger partial charge on any atom is 0.248 e. The van der Waals surface area contributed by atoms with Gasteiger partial charge in [0.2, 0.25) is 5.92 Å². The number of hydrogen-bond acceptors (Lipinski definition) is 2. The van der Waals surface area contributed by atoms with Gasteiger partial charge in [-0.15, -0.1) is 0 Å². The van der Waals surface area contributed by atoms with Crippen LogP contribution in [0, 0.1) is 0 Å². The van der Waals surface area contributed by atoms with Gasteiger partial charge in [-0.25, -0.2) is 8.78 Å². The van der Waals surface area contributed by atoms with E-state index < -0.39 is 5.92 Å². The molecule has 0 atom stereocenters. The van der Waals surface area contributed by atoms with Gasteiger partial charge in [-0.3, -0.25) is 0 Å². The standard InChI is InChI=1S/C26H29F2NO2/c27-26(28)13-9-21(10-14-26)29-23-7-4-8-25(31-18-19-5-2-1-3-6-19)22(23)17-24(29)20-11-15-30-16-12-20/h1-8,17,20-21H,9-16,18H2. The van der Waals surface area contributed by atoms with Crippen LogP contribution in [-0.4, -0.2) is 23.7 Å². The number of halogens is 2. The molecule has 0 spiro atoms. The third-order valence-electron chi connectivity index (χ3n) is 6.80. The van der Waals surface area contributed by atoms with E-state index in [0.29, 0.717) is 25.4 Å². The predicted molar refractivity (Wildman–Crippen MR) is 118 cm³/mol. The fourth-order valence-corrected chi connectivity index (χ4v) is 5.10. The molecule has 3 aromatic rings. The van der Waals surface area contributed by atoms with Crippen LogP contribution in [0.5, 0.6) is 5.75 Å². The van der Waals surface area contributed by atoms with Crippen molar-refractivity contribution >= 4 is 10.9 Å². The summed E-state index contributed by atoms with van der Waals surface area (Å²) >= 11 is 0. The van der Waals surface area contributed by atoms with E-state index in [4.69, 9.17) is 9.47 Å². The van der Waals surface area contributed by atoms with Gasteiger partial charge in [0.1, 0.15) is 12.4 Å². The first-order valence-corrected chi connectivity index (χ1v) is 11.4. The molecule has 3 nitrogen and oxygen atoms in total. The Kier molecular flexibility index (Phi) is 5.70. The summed E-state index contributed by atoms with van der Waals surface area (Å²) in [6.07, 6.45) is 2.91. The Balaban J connectivity index is 1.51. The molecule has 1 saturated heterocycles. The second-order valence-electron chi connectivity index (χ2n) is 8.88. The lowest BCUT2D eigenvalue weighted by Gasteiger charge is -2.33. The lowest BCUT2D eigenvalue weighted by molar-refractivity contribution is -0.0439. The van der Waals surface area contributed by atoms with Crippen molar-refractivity contribution in [2.45, 2.75) is 63.0 Å². The first-order valence-electron chi connectivity index (χ1n) is 11.4. The molecule has 1 saturated carbocycles. The second kappa shape index (κ2) is 8.62. The van der Waals surface area contributed by atoms with Crippen molar-refractivity contribution < 1.29 is 18.3 Å². The maximum atomic E-state index is 13.9. The van der Waals surface area contributed by atoms with E-state index in [-0.39, 0.29) is 18.9 Å². The second-order valence-corrected chi connectivity index (χ2v) is 8.88. The highest BCUT2D eigenvalue weighted by molar-refractivity contribution is 5.88. The molecule has 1 aliphatic heterocycles. The SMILES string of the molecule is FC1(F)CCC(n2c(C3CCOCC3)cc3c(OCc4ccccc4)cccc32)CC1. The van der Waals surface area contributed by atoms with Gasteiger partial charge < -0.3 is 14.0 Å². The van der Waals surface area contributed by atoms with Crippen LogP contribution < -0.4 is 4.74 Å². The molecule has 2 aliphatic rings. The van der Waals surface area contributed by atoms with E-state index in [1.807, 2.05) is 30.3 Å². The highest BCUT2D eigenvalue weighted by Crippen LogP contribution is 2.44. The van der Waals surface area contributed by atoms with Crippen LogP contribution in [0.1, 0.15) is 61.7 Å². The molecule has 1 aromatic heterocycles. The molecule has 164 valence electrons. The summed E-state index contributed by atoms with van der Waals surface area (Å²) in [6.45, 7) is 2.02. The summed E-state index contributed by atoms with van der Waals surface area (Å²) in [7, 11) is 0. The first kappa shape index (κ1) is 20.5. The van der Waals surface area contributed by atoms with Crippen molar-refractivity contribution in [2.24, 2.45) is 0 Å². The minimum atomic E-state index is -2.53. The fourth-order valence-electron chi connectivity index (χ4n) is 5.10. The Morgan fingerprint density at radius 2 is 1.68 bits per heavy atom. The average Bonchev–Trinajstić information content (AvgIpc) is 3.19. The number of fused-ring (bicyclic) bond motifs is 1. The van der Waals surface area contributed by atoms with Gasteiger partial charge in [0.15, 0.2) is 0 Å². The normalized spacial score (nSPS) is 20.2. The van der Waals surface area contributed by atoms with Crippen LogP contribution in [0.25, 0.3) is 10.9 Å². The largest absolute Gasteiger partial charge is 0.488 e. The lowest BCUT2D eigenvalue weighted by atomic mass is 9.90. The maximum absolute atomic E-state index is 13.9. The summed E-state index contributed by atoms with van der Waals surface area (Å²) in [5.74, 6) is -1.28. The quantitative estimate of drug-likeness (QED) is 0.445. The molecule has 0 amide bonds. The van der Waals surface area contributed by atoms with Crippen LogP contribution in [0.3, 0.4) is 0 Å². The fraction of sp³-hybridized carbons (Fsp3) is 0.462. The molecule has 2 aromatic carbocycles. The molecule has 0 radical (unpaired) electrons. The Morgan fingerprint density at radius 1 is 0.935 bits per heavy atom. The Labute approximate surface area is 182 Å². The van der Waals surface area contributed by atoms with Crippen molar-refractivity contribution in [1.82, 2.24) is 4.57 Å². The molecule has 0 N–H and O–H groups in total. The van der Waals surface area contributed by atoms with Crippen LogP contribution >= 0.6 is 0 Å². The molecular formula is C26H29F2NO2. The predicted octanol–water partition coefficient (Wildman–Crippen LogP) is 6.86. The monoisotopic (exact) mass is 425 g/mol. The number of hydrogen-bond donors (Lipinski definition) is 0. The van der Waals surface area contributed by atoms with Crippen molar-refractivity contribution in [3.05, 3.63) is 65.9 Å². The van der Waals surface area contributed by atoms with Gasteiger partial charge in [0.25, 0.3) is 0 Å². The van der Waals surface area contributed by atoms with Gasteiger partial charge in [-0.05, 0) is 49.4 Å². The number of rotatable bonds is 5. The number of aromatic nitrogens is 1. The Bertz CT molecular complexity index is 1010. The highest BCUT2D eigenvalue weighted by atomic mass is 19.3. The smallest absolute Gasteiger partial charge is 0.248 e. The van der Waals surface area contributed by atoms with E-state index in [0.717, 1.165) is 48.3 Å². The third-order valence-corrected chi connectivity index (χ3v) is 6.80. The van der Waals surface area contributed by atoms with Crippen LogP contribution in [-0.2, 0) is 11.3 Å². The van der Waals surface area contributed by atoms with Crippen molar-refractivity contribution in [1.29, 1.82) is 0 Å². The van der Waals surface area contributed by atoms with E-state index in [1.165, 1.54) is 5.69 Å². The average molecular weight is 426 g/mol. The van der Waals surface area contributed by atoms with Gasteiger partial charge >= 0.3 is 0 Å². The topological polar surface area (TPSA) is 23.4 Å². The highest BCUT2D eigenvalue weighted by Gasteiger charge is 2.37. The molecule has 1 aliphatic carbocycles. The number of alkyl halides is 2. The van der Waals surface area contributed by atoms with Gasteiger partial charge in [0.05, 0.1) is 5.52 Å². The summed E-state index contributed by atoms with van der Waals surface area (Å²) in [4.78, 5) is 0. The van der Waals surface area contributed by atoms with Crippen molar-refractivity contribution in [3.63, 3.8) is 0 Å². The minimum Gasteiger partial charge on any atom is -0.488 e. The van der Waals surface area contributed by atoms with E-state index >= 15 is 0 Å². The van der Waals surface area contributed by atoms with Gasteiger partial charge in [-0.1, -0.05) is 36.4 Å². The minimum absolute atomic E-state index is 0.0330. The Hall–Kier alpha value is -2.40. The van der Waals surface area contributed by atoms with E-state index in [9.17, 15) is 8.78 Å². The zero-order valence-electron chi connectivity index (χ0n) is 17.7. The Morgan fingerprint density at radius 3 is 2.42 bits per heavy atom. The number of benzene rings is 2. The molecule has 2 fully saturated rings. The summed E-state index contributed by atoms with van der Waals surface area (Å²) in [6, 6.07) is 18.6. The molecule has 2 heterocycles. The molecule has 5 rings (SSSR count). The van der Waals surface area contributed by atoms with Gasteiger partial charge in [0, 0.05) is 49.1 Å². The molecule has 5 heteroatoms.